The van der Waals surface area contributed by atoms with Crippen molar-refractivity contribution in [3.05, 3.63) is 83.0 Å². The molecule has 0 spiro atoms. The Kier molecular flexibility index (Phi) is 13.9. The van der Waals surface area contributed by atoms with E-state index in [1.807, 2.05) is 61.5 Å². The molecule has 0 bridgehead atoms. The van der Waals surface area contributed by atoms with E-state index < -0.39 is 0 Å². The van der Waals surface area contributed by atoms with E-state index in [0.29, 0.717) is 17.3 Å². The minimum Gasteiger partial charge on any atom is -0.461 e. The lowest BCUT2D eigenvalue weighted by atomic mass is 10.1. The number of para-hydroxylation sites is 1. The molecular formula is C34H45ClN2O2. The standard InChI is InChI=1S/C34H45ClN2O2/c1-3-4-5-6-7-8-9-10-11-12-13-14-15-16-22-27-39-34(38)32-28(2)33(29-23-18-17-19-24-29)37(36-32)31-26-21-20-25-30(31)35/h9-10,17-21,23-26H,3-8,11-16,22,27H2,1-2H3/b10-9+. The Morgan fingerprint density at radius 3 is 2.08 bits per heavy atom. The van der Waals surface area contributed by atoms with Crippen LogP contribution in [0.15, 0.2) is 66.7 Å². The van der Waals surface area contributed by atoms with E-state index in [9.17, 15) is 4.79 Å². The summed E-state index contributed by atoms with van der Waals surface area (Å²) in [6, 6.07) is 17.5. The first-order valence-electron chi connectivity index (χ1n) is 14.9. The van der Waals surface area contributed by atoms with Gasteiger partial charge in [0.2, 0.25) is 0 Å². The second-order valence-corrected chi connectivity index (χ2v) is 10.7. The Morgan fingerprint density at radius 1 is 0.821 bits per heavy atom. The van der Waals surface area contributed by atoms with Crippen LogP contribution in [0.1, 0.15) is 106 Å². The number of hydrogen-bond donors (Lipinski definition) is 0. The van der Waals surface area contributed by atoms with Crippen molar-refractivity contribution in [1.82, 2.24) is 9.78 Å². The van der Waals surface area contributed by atoms with Crippen molar-refractivity contribution in [3.8, 4) is 16.9 Å². The summed E-state index contributed by atoms with van der Waals surface area (Å²) >= 11 is 6.49. The van der Waals surface area contributed by atoms with Crippen molar-refractivity contribution in [2.45, 2.75) is 97.3 Å². The minimum atomic E-state index is -0.382. The maximum absolute atomic E-state index is 13.0. The zero-order valence-electron chi connectivity index (χ0n) is 23.8. The highest BCUT2D eigenvalue weighted by atomic mass is 35.5. The molecule has 1 aromatic heterocycles. The zero-order valence-corrected chi connectivity index (χ0v) is 24.6. The molecule has 3 rings (SSSR count). The van der Waals surface area contributed by atoms with Crippen LogP contribution in [-0.2, 0) is 4.74 Å². The maximum Gasteiger partial charge on any atom is 0.359 e. The third-order valence-corrected chi connectivity index (χ3v) is 7.40. The molecule has 0 atom stereocenters. The van der Waals surface area contributed by atoms with Gasteiger partial charge in [-0.1, -0.05) is 125 Å². The number of allylic oxidation sites excluding steroid dienone is 2. The highest BCUT2D eigenvalue weighted by Gasteiger charge is 2.23. The molecule has 0 N–H and O–H groups in total. The van der Waals surface area contributed by atoms with Gasteiger partial charge in [0.15, 0.2) is 5.69 Å². The predicted octanol–water partition coefficient (Wildman–Crippen LogP) is 10.3. The van der Waals surface area contributed by atoms with Crippen LogP contribution in [0.25, 0.3) is 16.9 Å². The van der Waals surface area contributed by atoms with Gasteiger partial charge in [-0.3, -0.25) is 0 Å². The van der Waals surface area contributed by atoms with Gasteiger partial charge < -0.3 is 4.74 Å². The topological polar surface area (TPSA) is 44.1 Å². The lowest BCUT2D eigenvalue weighted by molar-refractivity contribution is 0.0489. The fourth-order valence-corrected chi connectivity index (χ4v) is 5.04. The molecule has 0 aliphatic rings. The summed E-state index contributed by atoms with van der Waals surface area (Å²) in [5.41, 5.74) is 3.68. The van der Waals surface area contributed by atoms with Crippen LogP contribution in [0.5, 0.6) is 0 Å². The third-order valence-electron chi connectivity index (χ3n) is 7.08. The first-order valence-corrected chi connectivity index (χ1v) is 15.2. The van der Waals surface area contributed by atoms with Crippen LogP contribution >= 0.6 is 11.6 Å². The first kappa shape index (κ1) is 30.7. The second kappa shape index (κ2) is 17.7. The van der Waals surface area contributed by atoms with Crippen molar-refractivity contribution >= 4 is 17.6 Å². The number of nitrogens with zero attached hydrogens (tertiary/aromatic N) is 2. The molecule has 0 fully saturated rings. The third kappa shape index (κ3) is 10.0. The molecule has 1 heterocycles. The molecule has 0 radical (unpaired) electrons. The van der Waals surface area contributed by atoms with E-state index in [4.69, 9.17) is 16.3 Å². The van der Waals surface area contributed by atoms with Gasteiger partial charge in [0.1, 0.15) is 0 Å². The van der Waals surface area contributed by atoms with Crippen molar-refractivity contribution in [2.75, 3.05) is 6.61 Å². The molecule has 210 valence electrons. The average Bonchev–Trinajstić information content (AvgIpc) is 3.30. The van der Waals surface area contributed by atoms with Crippen LogP contribution in [0, 0.1) is 6.92 Å². The molecule has 0 aliphatic carbocycles. The van der Waals surface area contributed by atoms with Gasteiger partial charge in [0.25, 0.3) is 0 Å². The van der Waals surface area contributed by atoms with Crippen molar-refractivity contribution in [2.24, 2.45) is 0 Å². The molecule has 5 heteroatoms. The number of esters is 1. The van der Waals surface area contributed by atoms with Crippen molar-refractivity contribution < 1.29 is 9.53 Å². The molecule has 0 saturated carbocycles. The van der Waals surface area contributed by atoms with E-state index in [2.05, 4.69) is 24.2 Å². The Bertz CT molecular complexity index is 1150. The lowest BCUT2D eigenvalue weighted by Crippen LogP contribution is -2.09. The highest BCUT2D eigenvalue weighted by molar-refractivity contribution is 6.32. The molecule has 0 aliphatic heterocycles. The number of carbonyl (C=O) groups is 1. The Labute approximate surface area is 240 Å². The van der Waals surface area contributed by atoms with E-state index in [1.54, 1.807) is 4.68 Å². The molecule has 2 aromatic carbocycles. The number of carbonyl (C=O) groups excluding carboxylic acids is 1. The summed E-state index contributed by atoms with van der Waals surface area (Å²) in [6.07, 6.45) is 20.8. The smallest absolute Gasteiger partial charge is 0.359 e. The van der Waals surface area contributed by atoms with Gasteiger partial charge in [-0.05, 0) is 51.2 Å². The molecule has 4 nitrogen and oxygen atoms in total. The normalized spacial score (nSPS) is 11.4. The molecule has 0 saturated heterocycles. The molecule has 0 unspecified atom stereocenters. The number of rotatable bonds is 18. The summed E-state index contributed by atoms with van der Waals surface area (Å²) in [6.45, 7) is 4.60. The van der Waals surface area contributed by atoms with Crippen LogP contribution in [0.4, 0.5) is 0 Å². The SMILES string of the molecule is CCCCCCC/C=C/CCCCCCCCOC(=O)c1nn(-c2ccccc2Cl)c(-c2ccccc2)c1C. The minimum absolute atomic E-state index is 0.336. The summed E-state index contributed by atoms with van der Waals surface area (Å²) in [7, 11) is 0. The van der Waals surface area contributed by atoms with Gasteiger partial charge in [-0.2, -0.15) is 5.10 Å². The maximum atomic E-state index is 13.0. The summed E-state index contributed by atoms with van der Waals surface area (Å²) in [4.78, 5) is 13.0. The van der Waals surface area contributed by atoms with Crippen LogP contribution in [0.3, 0.4) is 0 Å². The summed E-state index contributed by atoms with van der Waals surface area (Å²) in [5, 5.41) is 5.24. The van der Waals surface area contributed by atoms with E-state index in [-0.39, 0.29) is 5.97 Å². The number of benzene rings is 2. The Morgan fingerprint density at radius 2 is 1.41 bits per heavy atom. The second-order valence-electron chi connectivity index (χ2n) is 10.3. The van der Waals surface area contributed by atoms with Crippen molar-refractivity contribution in [1.29, 1.82) is 0 Å². The van der Waals surface area contributed by atoms with Crippen LogP contribution in [0.2, 0.25) is 5.02 Å². The lowest BCUT2D eigenvalue weighted by Gasteiger charge is -2.10. The number of unbranched alkanes of at least 4 members (excludes halogenated alkanes) is 11. The van der Waals surface area contributed by atoms with Crippen LogP contribution in [-0.4, -0.2) is 22.4 Å². The predicted molar refractivity (Wildman–Crippen MR) is 164 cm³/mol. The summed E-state index contributed by atoms with van der Waals surface area (Å²) in [5.74, 6) is -0.382. The van der Waals surface area contributed by atoms with Crippen LogP contribution < -0.4 is 0 Å². The molecule has 3 aromatic rings. The molecule has 39 heavy (non-hydrogen) atoms. The first-order chi connectivity index (χ1) is 19.1. The molecule has 0 amide bonds. The number of hydrogen-bond acceptors (Lipinski definition) is 3. The number of aromatic nitrogens is 2. The summed E-state index contributed by atoms with van der Waals surface area (Å²) < 4.78 is 7.39. The van der Waals surface area contributed by atoms with Gasteiger partial charge in [-0.15, -0.1) is 0 Å². The Balaban J connectivity index is 1.40. The largest absolute Gasteiger partial charge is 0.461 e. The quantitative estimate of drug-likeness (QED) is 0.0901. The van der Waals surface area contributed by atoms with Gasteiger partial charge in [0, 0.05) is 11.1 Å². The highest BCUT2D eigenvalue weighted by Crippen LogP contribution is 2.31. The number of halogens is 1. The molecular weight excluding hydrogens is 504 g/mol. The monoisotopic (exact) mass is 548 g/mol. The van der Waals surface area contributed by atoms with Gasteiger partial charge in [0.05, 0.1) is 23.0 Å². The van der Waals surface area contributed by atoms with Gasteiger partial charge >= 0.3 is 5.97 Å². The Hall–Kier alpha value is -2.85. The van der Waals surface area contributed by atoms with E-state index >= 15 is 0 Å². The number of ether oxygens (including phenoxy) is 1. The van der Waals surface area contributed by atoms with Gasteiger partial charge in [-0.25, -0.2) is 9.48 Å². The van der Waals surface area contributed by atoms with E-state index in [1.165, 1.54) is 70.6 Å². The van der Waals surface area contributed by atoms with Crippen molar-refractivity contribution in [3.63, 3.8) is 0 Å². The van der Waals surface area contributed by atoms with E-state index in [0.717, 1.165) is 35.3 Å². The fourth-order valence-electron chi connectivity index (χ4n) is 4.83. The fraction of sp³-hybridized carbons (Fsp3) is 0.471. The zero-order chi connectivity index (χ0) is 27.7. The average molecular weight is 549 g/mol.